The third-order valence-corrected chi connectivity index (χ3v) is 1.50. The summed E-state index contributed by atoms with van der Waals surface area (Å²) >= 11 is 0. The third kappa shape index (κ3) is 12.1. The molecule has 0 bridgehead atoms. The van der Waals surface area contributed by atoms with Crippen LogP contribution in [0, 0.1) is 0 Å². The number of likely N-dealkylation sites (N-methyl/N-ethyl adjacent to an activating group) is 1. The molecule has 0 heterocycles. The number of nitrogens with zero attached hydrogens (tertiary/aromatic N) is 1. The Balaban J connectivity index is 0. The van der Waals surface area contributed by atoms with Crippen LogP contribution in [0.3, 0.4) is 0 Å². The van der Waals surface area contributed by atoms with Crippen molar-refractivity contribution in [1.82, 2.24) is 4.90 Å². The van der Waals surface area contributed by atoms with Gasteiger partial charge in [0.15, 0.2) is 0 Å². The summed E-state index contributed by atoms with van der Waals surface area (Å²) in [7, 11) is 3.47. The Morgan fingerprint density at radius 2 is 1.31 bits per heavy atom. The average molecular weight is 233 g/mol. The second kappa shape index (κ2) is 8.42. The Labute approximate surface area is 92.6 Å². The van der Waals surface area contributed by atoms with Gasteiger partial charge in [-0.15, -0.1) is 0 Å². The third-order valence-electron chi connectivity index (χ3n) is 1.50. The summed E-state index contributed by atoms with van der Waals surface area (Å²) in [4.78, 5) is 30.8. The van der Waals surface area contributed by atoms with Crippen molar-refractivity contribution >= 4 is 17.9 Å². The molecule has 0 fully saturated rings. The van der Waals surface area contributed by atoms with Gasteiger partial charge >= 0.3 is 17.9 Å². The molecule has 0 aliphatic heterocycles. The predicted octanol–water partition coefficient (Wildman–Crippen LogP) is -0.267. The number of carboxylic acids is 3. The van der Waals surface area contributed by atoms with Gasteiger partial charge in [0.1, 0.15) is 6.04 Å². The maximum absolute atomic E-state index is 10.1. The molecule has 0 aromatic carbocycles. The highest BCUT2D eigenvalue weighted by atomic mass is 16.4. The lowest BCUT2D eigenvalue weighted by molar-refractivity contribution is -0.141. The van der Waals surface area contributed by atoms with Crippen LogP contribution in [0.1, 0.15) is 6.92 Å². The summed E-state index contributed by atoms with van der Waals surface area (Å²) in [5, 5.41) is 23.9. The SMILES string of the molecule is CC(C(=O)O)N(C)C.O=C(O)/C=C\C(=O)O. The highest BCUT2D eigenvalue weighted by molar-refractivity contribution is 5.89. The zero-order valence-corrected chi connectivity index (χ0v) is 9.25. The lowest BCUT2D eigenvalue weighted by atomic mass is 10.3. The van der Waals surface area contributed by atoms with Gasteiger partial charge in [0.05, 0.1) is 0 Å². The lowest BCUT2D eigenvalue weighted by Crippen LogP contribution is -2.32. The number of hydrogen-bond donors (Lipinski definition) is 3. The second-order valence-corrected chi connectivity index (χ2v) is 2.99. The van der Waals surface area contributed by atoms with Crippen LogP contribution in [0.15, 0.2) is 12.2 Å². The molecule has 3 N–H and O–H groups in total. The van der Waals surface area contributed by atoms with Crippen molar-refractivity contribution in [2.24, 2.45) is 0 Å². The van der Waals surface area contributed by atoms with Crippen molar-refractivity contribution in [2.75, 3.05) is 14.1 Å². The van der Waals surface area contributed by atoms with E-state index in [4.69, 9.17) is 15.3 Å². The fourth-order valence-corrected chi connectivity index (χ4v) is 0.363. The Hall–Kier alpha value is -1.89. The van der Waals surface area contributed by atoms with Gasteiger partial charge in [-0.1, -0.05) is 0 Å². The van der Waals surface area contributed by atoms with Gasteiger partial charge in [-0.2, -0.15) is 0 Å². The Bertz CT molecular complexity index is 268. The summed E-state index contributed by atoms with van der Waals surface area (Å²) in [5.74, 6) is -3.30. The molecule has 1 unspecified atom stereocenters. The maximum Gasteiger partial charge on any atom is 0.328 e. The van der Waals surface area contributed by atoms with Crippen molar-refractivity contribution in [3.8, 4) is 0 Å². The van der Waals surface area contributed by atoms with E-state index >= 15 is 0 Å². The molecular weight excluding hydrogens is 218 g/mol. The van der Waals surface area contributed by atoms with Crippen molar-refractivity contribution in [3.63, 3.8) is 0 Å². The summed E-state index contributed by atoms with van der Waals surface area (Å²) in [6.45, 7) is 1.64. The molecule has 0 saturated heterocycles. The normalized spacial score (nSPS) is 11.8. The number of carbonyl (C=O) groups is 3. The number of hydrogen-bond acceptors (Lipinski definition) is 4. The average Bonchev–Trinajstić information content (AvgIpc) is 2.14. The Morgan fingerprint density at radius 1 is 1.00 bits per heavy atom. The fraction of sp³-hybridized carbons (Fsp3) is 0.444. The smallest absolute Gasteiger partial charge is 0.328 e. The van der Waals surface area contributed by atoms with Crippen LogP contribution >= 0.6 is 0 Å². The first-order valence-corrected chi connectivity index (χ1v) is 4.21. The summed E-state index contributed by atoms with van der Waals surface area (Å²) in [6, 6.07) is -0.380. The van der Waals surface area contributed by atoms with Gasteiger partial charge in [0, 0.05) is 12.2 Å². The summed E-state index contributed by atoms with van der Waals surface area (Å²) in [5.41, 5.74) is 0. The minimum absolute atomic E-state index is 0.380. The van der Waals surface area contributed by atoms with E-state index in [0.29, 0.717) is 12.2 Å². The quantitative estimate of drug-likeness (QED) is 0.572. The molecule has 92 valence electrons. The molecule has 0 spiro atoms. The highest BCUT2D eigenvalue weighted by Crippen LogP contribution is 1.88. The van der Waals surface area contributed by atoms with E-state index in [1.807, 2.05) is 0 Å². The molecule has 16 heavy (non-hydrogen) atoms. The molecule has 0 saturated carbocycles. The van der Waals surface area contributed by atoms with Crippen LogP contribution in [0.5, 0.6) is 0 Å². The molecule has 0 rings (SSSR count). The largest absolute Gasteiger partial charge is 0.480 e. The molecule has 7 heteroatoms. The van der Waals surface area contributed by atoms with Gasteiger partial charge in [0.25, 0.3) is 0 Å². The fourth-order valence-electron chi connectivity index (χ4n) is 0.363. The standard InChI is InChI=1S/C5H11NO2.C4H4O4/c1-4(5(7)8)6(2)3;5-3(6)1-2-4(7)8/h4H,1-3H3,(H,7,8);1-2H,(H,5,6)(H,7,8)/b;2-1-. The highest BCUT2D eigenvalue weighted by Gasteiger charge is 2.11. The zero-order valence-electron chi connectivity index (χ0n) is 9.25. The van der Waals surface area contributed by atoms with E-state index < -0.39 is 17.9 Å². The first-order valence-electron chi connectivity index (χ1n) is 4.21. The monoisotopic (exact) mass is 233 g/mol. The van der Waals surface area contributed by atoms with Gasteiger partial charge in [-0.05, 0) is 21.0 Å². The molecule has 0 aromatic rings. The van der Waals surface area contributed by atoms with Crippen molar-refractivity contribution < 1.29 is 29.7 Å². The van der Waals surface area contributed by atoms with Crippen molar-refractivity contribution in [2.45, 2.75) is 13.0 Å². The van der Waals surface area contributed by atoms with Gasteiger partial charge in [-0.3, -0.25) is 9.69 Å². The second-order valence-electron chi connectivity index (χ2n) is 2.99. The summed E-state index contributed by atoms with van der Waals surface area (Å²) < 4.78 is 0. The topological polar surface area (TPSA) is 115 Å². The van der Waals surface area contributed by atoms with Crippen LogP contribution in [0.2, 0.25) is 0 Å². The van der Waals surface area contributed by atoms with E-state index in [2.05, 4.69) is 0 Å². The molecule has 1 atom stereocenters. The maximum atomic E-state index is 10.1. The predicted molar refractivity (Wildman–Crippen MR) is 55.2 cm³/mol. The van der Waals surface area contributed by atoms with Crippen LogP contribution in [0.25, 0.3) is 0 Å². The molecule has 0 radical (unpaired) electrons. The Kier molecular flexibility index (Phi) is 8.70. The van der Waals surface area contributed by atoms with Crippen LogP contribution < -0.4 is 0 Å². The molecule has 7 nitrogen and oxygen atoms in total. The van der Waals surface area contributed by atoms with E-state index in [9.17, 15) is 14.4 Å². The van der Waals surface area contributed by atoms with Crippen LogP contribution in [0.4, 0.5) is 0 Å². The number of rotatable bonds is 4. The zero-order chi connectivity index (χ0) is 13.3. The minimum atomic E-state index is -1.26. The van der Waals surface area contributed by atoms with Gasteiger partial charge < -0.3 is 15.3 Å². The molecule has 0 amide bonds. The molecular formula is C9H15NO6. The Morgan fingerprint density at radius 3 is 1.38 bits per heavy atom. The van der Waals surface area contributed by atoms with Crippen LogP contribution in [-0.2, 0) is 14.4 Å². The van der Waals surface area contributed by atoms with Crippen molar-refractivity contribution in [3.05, 3.63) is 12.2 Å². The molecule has 0 aromatic heterocycles. The van der Waals surface area contributed by atoms with E-state index in [0.717, 1.165) is 0 Å². The van der Waals surface area contributed by atoms with Gasteiger partial charge in [0.2, 0.25) is 0 Å². The molecule has 0 aliphatic rings. The molecule has 0 aliphatic carbocycles. The van der Waals surface area contributed by atoms with E-state index in [1.54, 1.807) is 25.9 Å². The first kappa shape index (κ1) is 16.5. The van der Waals surface area contributed by atoms with Crippen LogP contribution in [-0.4, -0.2) is 58.3 Å². The van der Waals surface area contributed by atoms with E-state index in [-0.39, 0.29) is 6.04 Å². The van der Waals surface area contributed by atoms with E-state index in [1.165, 1.54) is 0 Å². The summed E-state index contributed by atoms with van der Waals surface area (Å²) in [6.07, 6.45) is 1.12. The lowest BCUT2D eigenvalue weighted by Gasteiger charge is -2.13. The number of aliphatic carboxylic acids is 3. The first-order chi connectivity index (χ1) is 7.18. The van der Waals surface area contributed by atoms with Crippen molar-refractivity contribution in [1.29, 1.82) is 0 Å². The number of carboxylic acid groups (broad SMARTS) is 3. The van der Waals surface area contributed by atoms with Gasteiger partial charge in [-0.25, -0.2) is 9.59 Å². The minimum Gasteiger partial charge on any atom is -0.480 e.